The van der Waals surface area contributed by atoms with E-state index in [0.717, 1.165) is 36.4 Å². The van der Waals surface area contributed by atoms with Crippen LogP contribution in [0.15, 0.2) is 36.4 Å². The van der Waals surface area contributed by atoms with Crippen molar-refractivity contribution in [3.05, 3.63) is 47.7 Å². The van der Waals surface area contributed by atoms with Gasteiger partial charge in [-0.3, -0.25) is 14.5 Å². The van der Waals surface area contributed by atoms with E-state index in [0.29, 0.717) is 6.54 Å². The summed E-state index contributed by atoms with van der Waals surface area (Å²) in [5.74, 6) is 0.157. The van der Waals surface area contributed by atoms with Crippen molar-refractivity contribution in [3.8, 4) is 0 Å². The lowest BCUT2D eigenvalue weighted by Crippen LogP contribution is -2.54. The molecule has 9 heteroatoms. The molecular formula is C21H26F3N5O. The maximum absolute atomic E-state index is 13.0. The number of nitrogens with one attached hydrogen (secondary N) is 1. The summed E-state index contributed by atoms with van der Waals surface area (Å²) in [6.07, 6.45) is -1.37. The predicted molar refractivity (Wildman–Crippen MR) is 107 cm³/mol. The third-order valence-electron chi connectivity index (χ3n) is 6.70. The lowest BCUT2D eigenvalue weighted by atomic mass is 9.69. The number of hydrogen-bond acceptors (Lipinski definition) is 3. The number of carbonyl (C=O) groups excluding carboxylic acids is 1. The number of nitrogens with zero attached hydrogens (tertiary/aromatic N) is 4. The number of amides is 2. The van der Waals surface area contributed by atoms with Gasteiger partial charge in [-0.25, -0.2) is 4.79 Å². The number of aromatic nitrogens is 2. The van der Waals surface area contributed by atoms with Crippen LogP contribution in [-0.2, 0) is 18.8 Å². The van der Waals surface area contributed by atoms with Crippen molar-refractivity contribution >= 4 is 11.8 Å². The highest BCUT2D eigenvalue weighted by Gasteiger charge is 2.51. The summed E-state index contributed by atoms with van der Waals surface area (Å²) in [6.45, 7) is 0.334. The topological polar surface area (TPSA) is 53.4 Å². The number of rotatable bonds is 3. The average molecular weight is 421 g/mol. The normalized spacial score (nSPS) is 27.2. The highest BCUT2D eigenvalue weighted by molar-refractivity contribution is 5.94. The van der Waals surface area contributed by atoms with Crippen LogP contribution in [0.4, 0.5) is 23.8 Å². The third kappa shape index (κ3) is 3.34. The highest BCUT2D eigenvalue weighted by atomic mass is 19.4. The molecule has 1 saturated heterocycles. The second-order valence-corrected chi connectivity index (χ2v) is 8.60. The zero-order valence-corrected chi connectivity index (χ0v) is 17.3. The van der Waals surface area contributed by atoms with E-state index < -0.39 is 17.4 Å². The summed E-state index contributed by atoms with van der Waals surface area (Å²) in [7, 11) is 5.56. The van der Waals surface area contributed by atoms with E-state index in [1.165, 1.54) is 17.5 Å². The Balaban J connectivity index is 1.56. The van der Waals surface area contributed by atoms with E-state index in [1.54, 1.807) is 0 Å². The molecule has 1 spiro atoms. The molecule has 2 heterocycles. The molecule has 30 heavy (non-hydrogen) atoms. The molecule has 1 aromatic heterocycles. The van der Waals surface area contributed by atoms with Gasteiger partial charge in [0.1, 0.15) is 5.82 Å². The molecule has 2 amide bonds. The molecule has 0 bridgehead atoms. The van der Waals surface area contributed by atoms with Gasteiger partial charge in [-0.2, -0.15) is 18.3 Å². The van der Waals surface area contributed by atoms with Crippen LogP contribution in [0.1, 0.15) is 36.9 Å². The van der Waals surface area contributed by atoms with Crippen molar-refractivity contribution < 1.29 is 18.0 Å². The molecule has 2 aromatic rings. The molecule has 1 saturated carbocycles. The second kappa shape index (κ2) is 7.01. The molecule has 4 rings (SSSR count). The Morgan fingerprint density at radius 2 is 1.73 bits per heavy atom. The van der Waals surface area contributed by atoms with Gasteiger partial charge in [0.05, 0.1) is 12.1 Å². The number of halogens is 3. The van der Waals surface area contributed by atoms with Gasteiger partial charge in [0.15, 0.2) is 5.69 Å². The average Bonchev–Trinajstić information content (AvgIpc) is 3.23. The SMILES string of the molecule is Cn1nc(C(F)(F)F)cc1N1C[C@]2(CC[C@](c3ccccc3)(N(C)C)CC2)NC1=O. The van der Waals surface area contributed by atoms with Crippen LogP contribution in [0, 0.1) is 0 Å². The highest BCUT2D eigenvalue weighted by Crippen LogP contribution is 2.46. The molecule has 1 aromatic carbocycles. The van der Waals surface area contributed by atoms with Crippen LogP contribution in [0.2, 0.25) is 0 Å². The molecule has 1 aliphatic heterocycles. The van der Waals surface area contributed by atoms with Crippen molar-refractivity contribution in [2.75, 3.05) is 25.5 Å². The van der Waals surface area contributed by atoms with E-state index in [9.17, 15) is 18.0 Å². The number of benzene rings is 1. The monoisotopic (exact) mass is 421 g/mol. The number of anilines is 1. The smallest absolute Gasteiger partial charge is 0.330 e. The van der Waals surface area contributed by atoms with Gasteiger partial charge in [0, 0.05) is 18.7 Å². The fraction of sp³-hybridized carbons (Fsp3) is 0.524. The van der Waals surface area contributed by atoms with Crippen molar-refractivity contribution in [1.29, 1.82) is 0 Å². The van der Waals surface area contributed by atoms with Gasteiger partial charge >= 0.3 is 12.2 Å². The molecule has 0 unspecified atom stereocenters. The first-order valence-corrected chi connectivity index (χ1v) is 10.0. The van der Waals surface area contributed by atoms with E-state index in [4.69, 9.17) is 0 Å². The predicted octanol–water partition coefficient (Wildman–Crippen LogP) is 3.74. The molecule has 1 N–H and O–H groups in total. The first-order chi connectivity index (χ1) is 14.1. The first-order valence-electron chi connectivity index (χ1n) is 10.0. The van der Waals surface area contributed by atoms with Gasteiger partial charge in [-0.1, -0.05) is 30.3 Å². The van der Waals surface area contributed by atoms with Crippen LogP contribution in [0.25, 0.3) is 0 Å². The lowest BCUT2D eigenvalue weighted by molar-refractivity contribution is -0.141. The summed E-state index contributed by atoms with van der Waals surface area (Å²) in [5.41, 5.74) is -0.324. The zero-order chi connectivity index (χ0) is 21.7. The number of hydrogen-bond donors (Lipinski definition) is 1. The largest absolute Gasteiger partial charge is 0.435 e. The summed E-state index contributed by atoms with van der Waals surface area (Å²) in [6, 6.07) is 10.9. The Labute approximate surface area is 173 Å². The standard InChI is InChI=1S/C21H26F3N5O/c1-27(2)20(15-7-5-4-6-8-15)11-9-19(10-12-20)14-29(18(30)25-19)17-13-16(21(22,23)24)26-28(17)3/h4-8,13H,9-12,14H2,1-3H3,(H,25,30)/t19-,20+. The second-order valence-electron chi connectivity index (χ2n) is 8.60. The molecule has 162 valence electrons. The summed E-state index contributed by atoms with van der Waals surface area (Å²) in [5, 5.41) is 6.61. The first kappa shape index (κ1) is 20.7. The maximum atomic E-state index is 13.0. The van der Waals surface area contributed by atoms with Gasteiger partial charge in [-0.15, -0.1) is 0 Å². The quantitative estimate of drug-likeness (QED) is 0.822. The maximum Gasteiger partial charge on any atom is 0.435 e. The summed E-state index contributed by atoms with van der Waals surface area (Å²) in [4.78, 5) is 16.3. The van der Waals surface area contributed by atoms with Gasteiger partial charge < -0.3 is 5.32 Å². The fourth-order valence-electron chi connectivity index (χ4n) is 4.91. The molecule has 2 fully saturated rings. The van der Waals surface area contributed by atoms with E-state index in [-0.39, 0.29) is 17.4 Å². The Morgan fingerprint density at radius 3 is 2.27 bits per heavy atom. The summed E-state index contributed by atoms with van der Waals surface area (Å²) >= 11 is 0. The third-order valence-corrected chi connectivity index (χ3v) is 6.70. The van der Waals surface area contributed by atoms with Gasteiger partial charge in [-0.05, 0) is 45.3 Å². The Morgan fingerprint density at radius 1 is 1.10 bits per heavy atom. The van der Waals surface area contributed by atoms with Crippen LogP contribution >= 0.6 is 0 Å². The van der Waals surface area contributed by atoms with Gasteiger partial charge in [0.2, 0.25) is 0 Å². The van der Waals surface area contributed by atoms with Crippen molar-refractivity contribution in [2.24, 2.45) is 7.05 Å². The fourth-order valence-corrected chi connectivity index (χ4v) is 4.91. The van der Waals surface area contributed by atoms with Crippen LogP contribution < -0.4 is 10.2 Å². The minimum atomic E-state index is -4.55. The summed E-state index contributed by atoms with van der Waals surface area (Å²) < 4.78 is 40.2. The Kier molecular flexibility index (Phi) is 4.84. The van der Waals surface area contributed by atoms with Gasteiger partial charge in [0.25, 0.3) is 0 Å². The number of carbonyl (C=O) groups is 1. The minimum Gasteiger partial charge on any atom is -0.330 e. The van der Waals surface area contributed by atoms with Crippen LogP contribution in [-0.4, -0.2) is 46.9 Å². The Bertz CT molecular complexity index is 930. The number of alkyl halides is 3. The minimum absolute atomic E-state index is 0.124. The molecular weight excluding hydrogens is 395 g/mol. The Hall–Kier alpha value is -2.55. The van der Waals surface area contributed by atoms with E-state index >= 15 is 0 Å². The van der Waals surface area contributed by atoms with E-state index in [2.05, 4.69) is 41.5 Å². The molecule has 0 radical (unpaired) electrons. The van der Waals surface area contributed by atoms with Crippen molar-refractivity contribution in [3.63, 3.8) is 0 Å². The number of urea groups is 1. The van der Waals surface area contributed by atoms with Crippen molar-refractivity contribution in [1.82, 2.24) is 20.0 Å². The van der Waals surface area contributed by atoms with Crippen LogP contribution in [0.5, 0.6) is 0 Å². The molecule has 2 aliphatic rings. The molecule has 1 aliphatic carbocycles. The van der Waals surface area contributed by atoms with Crippen molar-refractivity contribution in [2.45, 2.75) is 42.9 Å². The molecule has 6 nitrogen and oxygen atoms in total. The van der Waals surface area contributed by atoms with Crippen LogP contribution in [0.3, 0.4) is 0 Å². The number of aryl methyl sites for hydroxylation is 1. The van der Waals surface area contributed by atoms with E-state index in [1.807, 2.05) is 18.2 Å². The molecule has 0 atom stereocenters. The zero-order valence-electron chi connectivity index (χ0n) is 17.3. The lowest BCUT2D eigenvalue weighted by Gasteiger charge is -2.48.